The van der Waals surface area contributed by atoms with Crippen molar-refractivity contribution in [3.05, 3.63) is 96.6 Å². The minimum atomic E-state index is -0.317. The molecular weight excluding hydrogens is 440 g/mol. The summed E-state index contributed by atoms with van der Waals surface area (Å²) in [7, 11) is 0. The van der Waals surface area contributed by atoms with Gasteiger partial charge in [-0.15, -0.1) is 0 Å². The number of hydrogen-bond donors (Lipinski definition) is 4. The Morgan fingerprint density at radius 1 is 0.714 bits per heavy atom. The van der Waals surface area contributed by atoms with Crippen LogP contribution in [0.5, 0.6) is 0 Å². The lowest BCUT2D eigenvalue weighted by Crippen LogP contribution is -2.24. The van der Waals surface area contributed by atoms with Crippen molar-refractivity contribution in [2.45, 2.75) is 19.3 Å². The summed E-state index contributed by atoms with van der Waals surface area (Å²) in [5.74, 6) is -0.411. The second-order valence-electron chi connectivity index (χ2n) is 8.33. The zero-order valence-corrected chi connectivity index (χ0v) is 19.3. The van der Waals surface area contributed by atoms with Crippen molar-refractivity contribution in [1.29, 1.82) is 0 Å². The van der Waals surface area contributed by atoms with Gasteiger partial charge < -0.3 is 21.3 Å². The van der Waals surface area contributed by atoms with E-state index < -0.39 is 0 Å². The van der Waals surface area contributed by atoms with Crippen LogP contribution in [0.15, 0.2) is 91.0 Å². The van der Waals surface area contributed by atoms with Crippen molar-refractivity contribution < 1.29 is 14.4 Å². The standard InChI is InChI=1S/C28H28N4O3/c33-26(18-20-10-4-5-11-20)32-25-17-9-8-16-24(25)29-19-27(34)31-23-15-7-6-14-22(23)28(35)30-21-12-2-1-3-13-21/h1-4,6-10,12-17,20,29H,5,11,18-19H2,(H,30,35)(H,31,34)(H,32,33). The van der Waals surface area contributed by atoms with Crippen LogP contribution in [0.4, 0.5) is 22.7 Å². The van der Waals surface area contributed by atoms with Crippen LogP contribution in [0.1, 0.15) is 29.6 Å². The van der Waals surface area contributed by atoms with Crippen molar-refractivity contribution in [3.63, 3.8) is 0 Å². The van der Waals surface area contributed by atoms with Gasteiger partial charge in [-0.2, -0.15) is 0 Å². The largest absolute Gasteiger partial charge is 0.374 e. The molecule has 0 saturated carbocycles. The Bertz CT molecular complexity index is 1220. The molecule has 1 aliphatic rings. The van der Waals surface area contributed by atoms with E-state index in [1.54, 1.807) is 48.5 Å². The lowest BCUT2D eigenvalue weighted by Gasteiger charge is -2.15. The number of benzene rings is 3. The molecule has 178 valence electrons. The van der Waals surface area contributed by atoms with E-state index in [2.05, 4.69) is 33.4 Å². The Labute approximate surface area is 204 Å². The predicted molar refractivity (Wildman–Crippen MR) is 140 cm³/mol. The predicted octanol–water partition coefficient (Wildman–Crippen LogP) is 5.28. The van der Waals surface area contributed by atoms with Crippen LogP contribution in [-0.4, -0.2) is 24.3 Å². The van der Waals surface area contributed by atoms with Crippen molar-refractivity contribution in [1.82, 2.24) is 0 Å². The fourth-order valence-corrected chi connectivity index (χ4v) is 3.93. The highest BCUT2D eigenvalue weighted by Crippen LogP contribution is 2.24. The quantitative estimate of drug-likeness (QED) is 0.321. The van der Waals surface area contributed by atoms with Gasteiger partial charge in [0.2, 0.25) is 11.8 Å². The number of anilines is 4. The zero-order valence-electron chi connectivity index (χ0n) is 19.3. The normalized spacial score (nSPS) is 14.2. The average molecular weight is 469 g/mol. The molecule has 7 nitrogen and oxygen atoms in total. The van der Waals surface area contributed by atoms with Gasteiger partial charge in [-0.05, 0) is 55.2 Å². The fourth-order valence-electron chi connectivity index (χ4n) is 3.93. The van der Waals surface area contributed by atoms with E-state index in [4.69, 9.17) is 0 Å². The summed E-state index contributed by atoms with van der Waals surface area (Å²) >= 11 is 0. The topological polar surface area (TPSA) is 99.3 Å². The molecule has 1 aliphatic carbocycles. The molecular formula is C28H28N4O3. The van der Waals surface area contributed by atoms with Gasteiger partial charge in [-0.3, -0.25) is 14.4 Å². The van der Waals surface area contributed by atoms with Gasteiger partial charge in [0.1, 0.15) is 0 Å². The number of carbonyl (C=O) groups is 3. The lowest BCUT2D eigenvalue weighted by molar-refractivity contribution is -0.117. The molecule has 0 bridgehead atoms. The van der Waals surface area contributed by atoms with Crippen LogP contribution >= 0.6 is 0 Å². The summed E-state index contributed by atoms with van der Waals surface area (Å²) in [6.45, 7) is -0.0348. The maximum absolute atomic E-state index is 12.7. The molecule has 0 fully saturated rings. The third-order valence-electron chi connectivity index (χ3n) is 5.68. The van der Waals surface area contributed by atoms with E-state index in [9.17, 15) is 14.4 Å². The fraction of sp³-hybridized carbons (Fsp3) is 0.179. The van der Waals surface area contributed by atoms with E-state index in [-0.39, 0.29) is 30.2 Å². The number of nitrogens with one attached hydrogen (secondary N) is 4. The van der Waals surface area contributed by atoms with E-state index in [0.29, 0.717) is 34.7 Å². The van der Waals surface area contributed by atoms with E-state index >= 15 is 0 Å². The molecule has 1 unspecified atom stereocenters. The lowest BCUT2D eigenvalue weighted by atomic mass is 10.0. The van der Waals surface area contributed by atoms with Crippen LogP contribution < -0.4 is 21.3 Å². The van der Waals surface area contributed by atoms with Crippen LogP contribution in [0.2, 0.25) is 0 Å². The number of para-hydroxylation sites is 4. The van der Waals surface area contributed by atoms with Gasteiger partial charge in [0, 0.05) is 12.1 Å². The molecule has 0 aliphatic heterocycles. The van der Waals surface area contributed by atoms with Gasteiger partial charge in [0.25, 0.3) is 5.91 Å². The monoisotopic (exact) mass is 468 g/mol. The number of hydrogen-bond acceptors (Lipinski definition) is 4. The van der Waals surface area contributed by atoms with Gasteiger partial charge in [-0.1, -0.05) is 54.6 Å². The first-order chi connectivity index (χ1) is 17.1. The van der Waals surface area contributed by atoms with Crippen LogP contribution in [0.25, 0.3) is 0 Å². The van der Waals surface area contributed by atoms with Crippen LogP contribution in [-0.2, 0) is 9.59 Å². The molecule has 3 aromatic rings. The summed E-state index contributed by atoms with van der Waals surface area (Å²) in [4.78, 5) is 37.9. The first-order valence-corrected chi connectivity index (χ1v) is 11.6. The number of amides is 3. The third kappa shape index (κ3) is 6.80. The van der Waals surface area contributed by atoms with Gasteiger partial charge in [0.15, 0.2) is 0 Å². The Morgan fingerprint density at radius 2 is 1.37 bits per heavy atom. The van der Waals surface area contributed by atoms with E-state index in [0.717, 1.165) is 12.8 Å². The van der Waals surface area contributed by atoms with E-state index in [1.807, 2.05) is 30.3 Å². The summed E-state index contributed by atoms with van der Waals surface area (Å²) in [6.07, 6.45) is 6.65. The van der Waals surface area contributed by atoms with Crippen LogP contribution in [0.3, 0.4) is 0 Å². The SMILES string of the molecule is O=C(CC1C=CCC1)Nc1ccccc1NCC(=O)Nc1ccccc1C(=O)Nc1ccccc1. The first kappa shape index (κ1) is 23.8. The molecule has 7 heteroatoms. The third-order valence-corrected chi connectivity index (χ3v) is 5.68. The molecule has 0 saturated heterocycles. The Hall–Kier alpha value is -4.39. The molecule has 0 heterocycles. The Morgan fingerprint density at radius 3 is 2.11 bits per heavy atom. The average Bonchev–Trinajstić information content (AvgIpc) is 3.37. The highest BCUT2D eigenvalue weighted by molar-refractivity contribution is 6.10. The van der Waals surface area contributed by atoms with Gasteiger partial charge in [0.05, 0.1) is 29.2 Å². The molecule has 1 atom stereocenters. The molecule has 4 N–H and O–H groups in total. The maximum atomic E-state index is 12.7. The van der Waals surface area contributed by atoms with Crippen LogP contribution in [0, 0.1) is 5.92 Å². The summed E-state index contributed by atoms with van der Waals surface area (Å²) < 4.78 is 0. The van der Waals surface area contributed by atoms with Crippen molar-refractivity contribution in [3.8, 4) is 0 Å². The number of carbonyl (C=O) groups excluding carboxylic acids is 3. The second-order valence-corrected chi connectivity index (χ2v) is 8.33. The Balaban J connectivity index is 1.35. The van der Waals surface area contributed by atoms with E-state index in [1.165, 1.54) is 0 Å². The maximum Gasteiger partial charge on any atom is 0.257 e. The Kier molecular flexibility index (Phi) is 7.91. The molecule has 0 radical (unpaired) electrons. The summed E-state index contributed by atoms with van der Waals surface area (Å²) in [5, 5.41) is 11.6. The smallest absolute Gasteiger partial charge is 0.257 e. The summed E-state index contributed by atoms with van der Waals surface area (Å²) in [6, 6.07) is 23.2. The second kappa shape index (κ2) is 11.7. The van der Waals surface area contributed by atoms with Crippen molar-refractivity contribution in [2.24, 2.45) is 5.92 Å². The number of allylic oxidation sites excluding steroid dienone is 2. The highest BCUT2D eigenvalue weighted by Gasteiger charge is 2.16. The summed E-state index contributed by atoms with van der Waals surface area (Å²) in [5.41, 5.74) is 2.71. The minimum absolute atomic E-state index is 0.0348. The van der Waals surface area contributed by atoms with Crippen molar-refractivity contribution >= 4 is 40.5 Å². The minimum Gasteiger partial charge on any atom is -0.374 e. The molecule has 0 spiro atoms. The molecule has 4 rings (SSSR count). The molecule has 0 aromatic heterocycles. The molecule has 35 heavy (non-hydrogen) atoms. The number of rotatable bonds is 9. The molecule has 3 amide bonds. The van der Waals surface area contributed by atoms with Crippen molar-refractivity contribution in [2.75, 3.05) is 27.8 Å². The first-order valence-electron chi connectivity index (χ1n) is 11.6. The highest BCUT2D eigenvalue weighted by atomic mass is 16.2. The van der Waals surface area contributed by atoms with Gasteiger partial charge >= 0.3 is 0 Å². The zero-order chi connectivity index (χ0) is 24.5. The van der Waals surface area contributed by atoms with Gasteiger partial charge in [-0.25, -0.2) is 0 Å². The molecule has 3 aromatic carbocycles.